The van der Waals surface area contributed by atoms with E-state index in [-0.39, 0.29) is 11.6 Å². The topological polar surface area (TPSA) is 57.7 Å². The molecule has 0 saturated heterocycles. The first kappa shape index (κ1) is 23.3. The zero-order valence-corrected chi connectivity index (χ0v) is 18.3. The predicted molar refractivity (Wildman–Crippen MR) is 121 cm³/mol. The number of halogens is 2. The number of nitrogens with zero attached hydrogens (tertiary/aromatic N) is 1. The van der Waals surface area contributed by atoms with E-state index in [0.29, 0.717) is 29.5 Å². The zero-order valence-electron chi connectivity index (χ0n) is 17.6. The second-order valence-corrected chi connectivity index (χ2v) is 7.27. The van der Waals surface area contributed by atoms with Crippen molar-refractivity contribution < 1.29 is 23.4 Å². The van der Waals surface area contributed by atoms with E-state index in [4.69, 9.17) is 25.8 Å². The fourth-order valence-electron chi connectivity index (χ4n) is 2.63. The smallest absolute Gasteiger partial charge is 0.330 e. The largest absolute Gasteiger partial charge is 0.487 e. The van der Waals surface area contributed by atoms with Gasteiger partial charge in [0, 0.05) is 22.7 Å². The van der Waals surface area contributed by atoms with Gasteiger partial charge in [-0.1, -0.05) is 49.2 Å². The molecule has 0 amide bonds. The maximum Gasteiger partial charge on any atom is 0.330 e. The Balaban J connectivity index is 1.55. The summed E-state index contributed by atoms with van der Waals surface area (Å²) in [4.78, 5) is 15.7. The molecule has 7 heteroatoms. The molecule has 3 aromatic rings. The number of hydrogen-bond donors (Lipinski definition) is 0. The highest BCUT2D eigenvalue weighted by Crippen LogP contribution is 2.26. The lowest BCUT2D eigenvalue weighted by Crippen LogP contribution is -2.01. The van der Waals surface area contributed by atoms with Crippen LogP contribution in [0, 0.1) is 5.82 Å². The van der Waals surface area contributed by atoms with Gasteiger partial charge in [-0.3, -0.25) is 0 Å². The third-order valence-corrected chi connectivity index (χ3v) is 4.75. The first-order valence-corrected chi connectivity index (χ1v) is 10.6. The molecule has 0 spiro atoms. The first-order chi connectivity index (χ1) is 15.5. The number of hydrogen-bond acceptors (Lipinski definition) is 5. The molecule has 2 aromatic carbocycles. The van der Waals surface area contributed by atoms with Crippen molar-refractivity contribution in [1.29, 1.82) is 0 Å². The maximum atomic E-state index is 14.4. The highest BCUT2D eigenvalue weighted by molar-refractivity contribution is 6.31. The van der Waals surface area contributed by atoms with Crippen molar-refractivity contribution >= 4 is 23.6 Å². The molecule has 0 aliphatic carbocycles. The van der Waals surface area contributed by atoms with Crippen molar-refractivity contribution in [3.8, 4) is 17.4 Å². The molecule has 0 atom stereocenters. The monoisotopic (exact) mass is 455 g/mol. The van der Waals surface area contributed by atoms with Gasteiger partial charge in [-0.15, -0.1) is 0 Å². The molecule has 5 nitrogen and oxygen atoms in total. The predicted octanol–water partition coefficient (Wildman–Crippen LogP) is 6.60. The molecule has 32 heavy (non-hydrogen) atoms. The summed E-state index contributed by atoms with van der Waals surface area (Å²) in [6, 6.07) is 15.1. The van der Waals surface area contributed by atoms with Gasteiger partial charge in [0.15, 0.2) is 11.6 Å². The molecule has 1 aromatic heterocycles. The van der Waals surface area contributed by atoms with Crippen molar-refractivity contribution in [1.82, 2.24) is 4.98 Å². The number of esters is 1. The Hall–Kier alpha value is -3.38. The van der Waals surface area contributed by atoms with E-state index >= 15 is 0 Å². The van der Waals surface area contributed by atoms with E-state index in [1.807, 2.05) is 25.1 Å². The van der Waals surface area contributed by atoms with Gasteiger partial charge in [-0.2, -0.15) is 0 Å². The van der Waals surface area contributed by atoms with Crippen LogP contribution >= 0.6 is 11.6 Å². The Morgan fingerprint density at radius 3 is 2.72 bits per heavy atom. The van der Waals surface area contributed by atoms with Crippen molar-refractivity contribution in [3.05, 3.63) is 88.8 Å². The quantitative estimate of drug-likeness (QED) is 0.196. The van der Waals surface area contributed by atoms with Gasteiger partial charge >= 0.3 is 5.97 Å². The molecular weight excluding hydrogens is 433 g/mol. The van der Waals surface area contributed by atoms with Gasteiger partial charge in [0.05, 0.1) is 12.8 Å². The number of unbranched alkanes of at least 4 members (excludes halogenated alkanes) is 1. The lowest BCUT2D eigenvalue weighted by atomic mass is 10.2. The lowest BCUT2D eigenvalue weighted by molar-refractivity contribution is -0.137. The number of pyridine rings is 1. The van der Waals surface area contributed by atoms with E-state index in [2.05, 4.69) is 4.98 Å². The fourth-order valence-corrected chi connectivity index (χ4v) is 2.82. The van der Waals surface area contributed by atoms with Crippen molar-refractivity contribution in [3.63, 3.8) is 0 Å². The third-order valence-electron chi connectivity index (χ3n) is 4.39. The number of ether oxygens (including phenoxy) is 3. The van der Waals surface area contributed by atoms with Crippen molar-refractivity contribution in [2.24, 2.45) is 0 Å². The Labute approximate surface area is 191 Å². The molecular formula is C25H23ClFNO4. The van der Waals surface area contributed by atoms with Gasteiger partial charge in [0.25, 0.3) is 0 Å². The summed E-state index contributed by atoms with van der Waals surface area (Å²) in [5.41, 5.74) is 1.37. The van der Waals surface area contributed by atoms with E-state index in [0.717, 1.165) is 18.4 Å². The Kier molecular flexibility index (Phi) is 8.63. The minimum atomic E-state index is -0.577. The van der Waals surface area contributed by atoms with Crippen molar-refractivity contribution in [2.45, 2.75) is 26.4 Å². The van der Waals surface area contributed by atoms with Crippen molar-refractivity contribution in [2.75, 3.05) is 6.61 Å². The molecule has 1 heterocycles. The summed E-state index contributed by atoms with van der Waals surface area (Å²) < 4.78 is 30.6. The number of benzene rings is 2. The molecule has 0 N–H and O–H groups in total. The van der Waals surface area contributed by atoms with Crippen LogP contribution < -0.4 is 9.47 Å². The Bertz CT molecular complexity index is 1070. The Morgan fingerprint density at radius 2 is 2.00 bits per heavy atom. The minimum absolute atomic E-state index is 0.0184. The molecule has 3 rings (SSSR count). The van der Waals surface area contributed by atoms with Crippen LogP contribution in [0.2, 0.25) is 5.02 Å². The summed E-state index contributed by atoms with van der Waals surface area (Å²) in [7, 11) is 0. The van der Waals surface area contributed by atoms with E-state index < -0.39 is 11.8 Å². The van der Waals surface area contributed by atoms with Crippen LogP contribution in [-0.2, 0) is 16.1 Å². The number of carbonyl (C=O) groups is 1. The minimum Gasteiger partial charge on any atom is -0.487 e. The van der Waals surface area contributed by atoms with Crippen LogP contribution in [0.3, 0.4) is 0 Å². The highest BCUT2D eigenvalue weighted by Gasteiger charge is 2.08. The van der Waals surface area contributed by atoms with Gasteiger partial charge < -0.3 is 14.2 Å². The molecule has 0 fully saturated rings. The van der Waals surface area contributed by atoms with Crippen LogP contribution in [0.4, 0.5) is 4.39 Å². The van der Waals surface area contributed by atoms with Crippen LogP contribution in [0.1, 0.15) is 30.9 Å². The van der Waals surface area contributed by atoms with Gasteiger partial charge in [-0.25, -0.2) is 14.2 Å². The normalized spacial score (nSPS) is 10.8. The first-order valence-electron chi connectivity index (χ1n) is 10.2. The van der Waals surface area contributed by atoms with Crippen LogP contribution in [0.5, 0.6) is 17.4 Å². The number of rotatable bonds is 10. The Morgan fingerprint density at radius 1 is 1.16 bits per heavy atom. The highest BCUT2D eigenvalue weighted by atomic mass is 35.5. The third kappa shape index (κ3) is 7.10. The van der Waals surface area contributed by atoms with Gasteiger partial charge in [0.2, 0.25) is 5.88 Å². The maximum absolute atomic E-state index is 14.4. The molecule has 0 aliphatic rings. The SMILES string of the molecule is CCCCOC(=O)C=Cc1ccc(Oc2ccc(OCc3ccccc3Cl)cn2)c(F)c1. The molecule has 0 saturated carbocycles. The van der Waals surface area contributed by atoms with Crippen LogP contribution in [0.15, 0.2) is 66.9 Å². The molecule has 166 valence electrons. The van der Waals surface area contributed by atoms with Crippen LogP contribution in [0.25, 0.3) is 6.08 Å². The summed E-state index contributed by atoms with van der Waals surface area (Å²) in [5.74, 6) is -0.265. The van der Waals surface area contributed by atoms with E-state index in [1.54, 1.807) is 24.3 Å². The molecule has 0 radical (unpaired) electrons. The fraction of sp³-hybridized carbons (Fsp3) is 0.200. The second kappa shape index (κ2) is 11.9. The summed E-state index contributed by atoms with van der Waals surface area (Å²) in [6.07, 6.45) is 6.00. The zero-order chi connectivity index (χ0) is 22.8. The second-order valence-electron chi connectivity index (χ2n) is 6.86. The molecule has 0 aliphatic heterocycles. The van der Waals surface area contributed by atoms with Crippen LogP contribution in [-0.4, -0.2) is 17.6 Å². The summed E-state index contributed by atoms with van der Waals surface area (Å²) in [5, 5.41) is 0.627. The summed E-state index contributed by atoms with van der Waals surface area (Å²) >= 11 is 6.11. The van der Waals surface area contributed by atoms with Gasteiger partial charge in [0.1, 0.15) is 12.4 Å². The number of aromatic nitrogens is 1. The van der Waals surface area contributed by atoms with E-state index in [9.17, 15) is 9.18 Å². The van der Waals surface area contributed by atoms with Gasteiger partial charge in [-0.05, 0) is 42.3 Å². The van der Waals surface area contributed by atoms with E-state index in [1.165, 1.54) is 30.5 Å². The standard InChI is InChI=1S/C25H23ClFNO4/c1-2-3-14-30-25(29)13-9-18-8-11-23(22(27)15-18)32-24-12-10-20(16-28-24)31-17-19-6-4-5-7-21(19)26/h4-13,15-16H,2-3,14,17H2,1H3. The average Bonchev–Trinajstić information content (AvgIpc) is 2.80. The molecule has 0 unspecified atom stereocenters. The lowest BCUT2D eigenvalue weighted by Gasteiger charge is -2.09. The molecule has 0 bridgehead atoms. The number of carbonyl (C=O) groups excluding carboxylic acids is 1. The summed E-state index contributed by atoms with van der Waals surface area (Å²) in [6.45, 7) is 2.69. The average molecular weight is 456 g/mol.